The Hall–Kier alpha value is -0.300. The lowest BCUT2D eigenvalue weighted by atomic mass is 9.96. The van der Waals surface area contributed by atoms with Gasteiger partial charge < -0.3 is 0 Å². The van der Waals surface area contributed by atoms with Crippen molar-refractivity contribution >= 4 is 0 Å². The van der Waals surface area contributed by atoms with Crippen LogP contribution < -0.4 is 0 Å². The maximum Gasteiger partial charge on any atom is 0.0168 e. The summed E-state index contributed by atoms with van der Waals surface area (Å²) in [7, 11) is 0. The van der Waals surface area contributed by atoms with Gasteiger partial charge in [-0.3, -0.25) is 4.90 Å². The van der Waals surface area contributed by atoms with Crippen LogP contribution >= 0.6 is 0 Å². The van der Waals surface area contributed by atoms with Crippen molar-refractivity contribution in [2.45, 2.75) is 75.3 Å². The van der Waals surface area contributed by atoms with Crippen molar-refractivity contribution < 1.29 is 0 Å². The summed E-state index contributed by atoms with van der Waals surface area (Å²) in [6.45, 7) is 19.5. The minimum atomic E-state index is 0. The maximum absolute atomic E-state index is 2.52. The van der Waals surface area contributed by atoms with Crippen LogP contribution in [0, 0.1) is 5.92 Å². The third-order valence-electron chi connectivity index (χ3n) is 2.75. The molecule has 106 valence electrons. The minimum absolute atomic E-state index is 0. The van der Waals surface area contributed by atoms with Crippen LogP contribution in [0.3, 0.4) is 0 Å². The summed E-state index contributed by atoms with van der Waals surface area (Å²) in [6.07, 6.45) is 3.68. The van der Waals surface area contributed by atoms with E-state index < -0.39 is 0 Å². The molecule has 1 rings (SSSR count). The summed E-state index contributed by atoms with van der Waals surface area (Å²) in [5.41, 5.74) is 1.65. The molecule has 0 aromatic carbocycles. The van der Waals surface area contributed by atoms with Crippen LogP contribution in [0.5, 0.6) is 0 Å². The zero-order valence-corrected chi connectivity index (χ0v) is 12.8. The summed E-state index contributed by atoms with van der Waals surface area (Å²) in [5, 5.41) is 0. The van der Waals surface area contributed by atoms with Gasteiger partial charge in [0.25, 0.3) is 0 Å². The predicted molar refractivity (Wildman–Crippen MR) is 83.7 cm³/mol. The van der Waals surface area contributed by atoms with Gasteiger partial charge in [-0.05, 0) is 26.2 Å². The lowest BCUT2D eigenvalue weighted by Crippen LogP contribution is -2.35. The van der Waals surface area contributed by atoms with Gasteiger partial charge in [-0.2, -0.15) is 0 Å². The second-order valence-corrected chi connectivity index (χ2v) is 4.27. The molecule has 1 aliphatic rings. The Labute approximate surface area is 111 Å². The lowest BCUT2D eigenvalue weighted by molar-refractivity contribution is 0.235. The topological polar surface area (TPSA) is 3.24 Å². The van der Waals surface area contributed by atoms with E-state index in [1.54, 1.807) is 5.57 Å². The van der Waals surface area contributed by atoms with E-state index in [2.05, 4.69) is 38.7 Å². The van der Waals surface area contributed by atoms with Crippen LogP contribution in [0.1, 0.15) is 69.2 Å². The summed E-state index contributed by atoms with van der Waals surface area (Å²) in [4.78, 5) is 2.52. The van der Waals surface area contributed by atoms with Crippen LogP contribution in [0.2, 0.25) is 0 Å². The molecule has 0 fully saturated rings. The highest BCUT2D eigenvalue weighted by Gasteiger charge is 2.15. The van der Waals surface area contributed by atoms with Gasteiger partial charge in [0.15, 0.2) is 0 Å². The second kappa shape index (κ2) is 13.8. The van der Waals surface area contributed by atoms with E-state index in [-0.39, 0.29) is 7.43 Å². The molecule has 17 heavy (non-hydrogen) atoms. The van der Waals surface area contributed by atoms with Crippen LogP contribution in [0.25, 0.3) is 0 Å². The molecule has 0 saturated carbocycles. The lowest BCUT2D eigenvalue weighted by Gasteiger charge is -2.30. The Morgan fingerprint density at radius 2 is 1.47 bits per heavy atom. The maximum atomic E-state index is 2.52. The van der Waals surface area contributed by atoms with Gasteiger partial charge >= 0.3 is 0 Å². The van der Waals surface area contributed by atoms with Gasteiger partial charge in [0, 0.05) is 19.1 Å². The Morgan fingerprint density at radius 1 is 1.00 bits per heavy atom. The van der Waals surface area contributed by atoms with Crippen molar-refractivity contribution in [3.63, 3.8) is 0 Å². The molecule has 0 amide bonds. The normalized spacial score (nSPS) is 15.1. The fourth-order valence-electron chi connectivity index (χ4n) is 1.69. The molecule has 1 heteroatoms. The second-order valence-electron chi connectivity index (χ2n) is 4.27. The average Bonchev–Trinajstić information content (AvgIpc) is 2.34. The average molecular weight is 243 g/mol. The molecule has 0 bridgehead atoms. The number of nitrogens with zero attached hydrogens (tertiary/aromatic N) is 1. The van der Waals surface area contributed by atoms with Crippen molar-refractivity contribution in [2.24, 2.45) is 5.92 Å². The molecule has 1 aliphatic heterocycles. The Bertz CT molecular complexity index is 168. The highest BCUT2D eigenvalue weighted by atomic mass is 15.1. The molecular weight excluding hydrogens is 206 g/mol. The minimum Gasteiger partial charge on any atom is -0.297 e. The number of hydrogen-bond acceptors (Lipinski definition) is 1. The van der Waals surface area contributed by atoms with Crippen molar-refractivity contribution in [3.8, 4) is 0 Å². The van der Waals surface area contributed by atoms with Crippen LogP contribution in [-0.4, -0.2) is 24.0 Å². The zero-order chi connectivity index (χ0) is 13.1. The summed E-state index contributed by atoms with van der Waals surface area (Å²) >= 11 is 0. The molecule has 0 radical (unpaired) electrons. The summed E-state index contributed by atoms with van der Waals surface area (Å²) < 4.78 is 0. The highest BCUT2D eigenvalue weighted by molar-refractivity contribution is 5.09. The molecule has 0 N–H and O–H groups in total. The van der Waals surface area contributed by atoms with E-state index in [1.165, 1.54) is 13.0 Å². The Balaban J connectivity index is -0.000000355. The first-order valence-corrected chi connectivity index (χ1v) is 7.04. The first kappa shape index (κ1) is 21.9. The van der Waals surface area contributed by atoms with Crippen LogP contribution in [0.15, 0.2) is 11.6 Å². The summed E-state index contributed by atoms with van der Waals surface area (Å²) in [6, 6.07) is 0.704. The number of hydrogen-bond donors (Lipinski definition) is 0. The van der Waals surface area contributed by atoms with Crippen LogP contribution in [-0.2, 0) is 0 Å². The molecule has 0 aromatic heterocycles. The van der Waals surface area contributed by atoms with Crippen molar-refractivity contribution in [1.29, 1.82) is 0 Å². The van der Waals surface area contributed by atoms with Gasteiger partial charge in [0.05, 0.1) is 0 Å². The van der Waals surface area contributed by atoms with E-state index in [0.29, 0.717) is 6.04 Å². The first-order chi connectivity index (χ1) is 7.61. The molecule has 1 heterocycles. The third-order valence-corrected chi connectivity index (χ3v) is 2.75. The predicted octanol–water partition coefficient (Wildman–Crippen LogP) is 5.37. The van der Waals surface area contributed by atoms with E-state index in [0.717, 1.165) is 12.5 Å². The fraction of sp³-hybridized carbons (Fsp3) is 0.875. The van der Waals surface area contributed by atoms with Gasteiger partial charge in [-0.15, -0.1) is 0 Å². The Kier molecular flexibility index (Phi) is 17.8. The van der Waals surface area contributed by atoms with E-state index in [9.17, 15) is 0 Å². The first-order valence-electron chi connectivity index (χ1n) is 7.04. The molecule has 0 spiro atoms. The van der Waals surface area contributed by atoms with Crippen molar-refractivity contribution in [1.82, 2.24) is 4.90 Å². The quantitative estimate of drug-likeness (QED) is 0.589. The van der Waals surface area contributed by atoms with Gasteiger partial charge in [-0.25, -0.2) is 0 Å². The smallest absolute Gasteiger partial charge is 0.0168 e. The van der Waals surface area contributed by atoms with Crippen LogP contribution in [0.4, 0.5) is 0 Å². The molecule has 0 aliphatic carbocycles. The third kappa shape index (κ3) is 9.41. The molecular formula is C16H37N. The molecule has 0 saturated heterocycles. The zero-order valence-electron chi connectivity index (χ0n) is 12.8. The largest absolute Gasteiger partial charge is 0.297 e. The standard InChI is InChI=1S/C11H21N.2C2H6.CH4/c1-9(2)11-5-7-12(8-6-11)10(3)4;2*1-2;/h5,9-10H,6-8H2,1-4H3;2*1-2H3;1H4. The van der Waals surface area contributed by atoms with E-state index >= 15 is 0 Å². The van der Waals surface area contributed by atoms with Gasteiger partial charge in [0.1, 0.15) is 0 Å². The van der Waals surface area contributed by atoms with Gasteiger partial charge in [0.2, 0.25) is 0 Å². The van der Waals surface area contributed by atoms with E-state index in [4.69, 9.17) is 0 Å². The molecule has 1 nitrogen and oxygen atoms in total. The fourth-order valence-corrected chi connectivity index (χ4v) is 1.69. The molecule has 0 unspecified atom stereocenters. The molecule has 0 aromatic rings. The SMILES string of the molecule is C.CC.CC.CC(C)C1=CCN(C(C)C)CC1. The monoisotopic (exact) mass is 243 g/mol. The van der Waals surface area contributed by atoms with Gasteiger partial charge in [-0.1, -0.05) is 60.6 Å². The number of rotatable bonds is 2. The van der Waals surface area contributed by atoms with Crippen molar-refractivity contribution in [3.05, 3.63) is 11.6 Å². The Morgan fingerprint density at radius 3 is 1.71 bits per heavy atom. The molecule has 0 atom stereocenters. The van der Waals surface area contributed by atoms with E-state index in [1.807, 2.05) is 27.7 Å². The van der Waals surface area contributed by atoms with Crippen molar-refractivity contribution in [2.75, 3.05) is 13.1 Å². The highest BCUT2D eigenvalue weighted by Crippen LogP contribution is 2.19. The summed E-state index contributed by atoms with van der Waals surface area (Å²) in [5.74, 6) is 0.749.